The van der Waals surface area contributed by atoms with Crippen LogP contribution in [0.3, 0.4) is 0 Å². The van der Waals surface area contributed by atoms with E-state index in [0.29, 0.717) is 18.2 Å². The van der Waals surface area contributed by atoms with Gasteiger partial charge in [0.05, 0.1) is 19.1 Å². The maximum atomic E-state index is 12.4. The summed E-state index contributed by atoms with van der Waals surface area (Å²) in [6.45, 7) is 0.438. The summed E-state index contributed by atoms with van der Waals surface area (Å²) in [6, 6.07) is 7.67. The van der Waals surface area contributed by atoms with E-state index in [1.54, 1.807) is 14.2 Å². The monoisotopic (exact) mass is 317 g/mol. The summed E-state index contributed by atoms with van der Waals surface area (Å²) in [5.41, 5.74) is 2.13. The van der Waals surface area contributed by atoms with Crippen molar-refractivity contribution in [3.63, 3.8) is 0 Å². The van der Waals surface area contributed by atoms with Gasteiger partial charge in [0.15, 0.2) is 0 Å². The molecule has 0 radical (unpaired) electrons. The Morgan fingerprint density at radius 2 is 2.09 bits per heavy atom. The minimum absolute atomic E-state index is 0.00484. The van der Waals surface area contributed by atoms with Gasteiger partial charge in [-0.2, -0.15) is 0 Å². The number of benzene rings is 1. The molecule has 4 nitrogen and oxygen atoms in total. The Morgan fingerprint density at radius 1 is 1.27 bits per heavy atom. The quantitative estimate of drug-likeness (QED) is 0.886. The van der Waals surface area contributed by atoms with Crippen molar-refractivity contribution in [3.05, 3.63) is 45.6 Å². The van der Waals surface area contributed by atoms with E-state index in [1.807, 2.05) is 23.6 Å². The number of methoxy groups -OCH3 is 2. The van der Waals surface area contributed by atoms with Gasteiger partial charge in [-0.25, -0.2) is 0 Å². The normalized spacial score (nSPS) is 13.7. The predicted molar refractivity (Wildman–Crippen MR) is 87.0 cm³/mol. The van der Waals surface area contributed by atoms with Gasteiger partial charge in [0.25, 0.3) is 5.91 Å². The standard InChI is InChI=1S/C17H19NO3S/c1-20-13-6-5-12(15(9-13)21-2)10-18-17(19)16-14(7-8-22-16)11-3-4-11/h5-9,11H,3-4,10H2,1-2H3,(H,18,19). The first-order valence-corrected chi connectivity index (χ1v) is 8.17. The van der Waals surface area contributed by atoms with Crippen molar-refractivity contribution in [1.82, 2.24) is 5.32 Å². The van der Waals surface area contributed by atoms with Crippen molar-refractivity contribution in [1.29, 1.82) is 0 Å². The van der Waals surface area contributed by atoms with Gasteiger partial charge in [-0.05, 0) is 47.9 Å². The SMILES string of the molecule is COc1ccc(CNC(=O)c2sccc2C2CC2)c(OC)c1. The smallest absolute Gasteiger partial charge is 0.261 e. The lowest BCUT2D eigenvalue weighted by Gasteiger charge is -2.11. The van der Waals surface area contributed by atoms with E-state index in [1.165, 1.54) is 29.7 Å². The van der Waals surface area contributed by atoms with Gasteiger partial charge >= 0.3 is 0 Å². The van der Waals surface area contributed by atoms with Crippen molar-refractivity contribution in [2.45, 2.75) is 25.3 Å². The van der Waals surface area contributed by atoms with Gasteiger partial charge in [-0.1, -0.05) is 0 Å². The molecule has 3 rings (SSSR count). The van der Waals surface area contributed by atoms with E-state index in [0.717, 1.165) is 16.2 Å². The summed E-state index contributed by atoms with van der Waals surface area (Å²) < 4.78 is 10.5. The highest BCUT2D eigenvalue weighted by molar-refractivity contribution is 7.12. The molecular formula is C17H19NO3S. The number of nitrogens with one attached hydrogen (secondary N) is 1. The Morgan fingerprint density at radius 3 is 2.77 bits per heavy atom. The fourth-order valence-corrected chi connectivity index (χ4v) is 3.37. The largest absolute Gasteiger partial charge is 0.497 e. The zero-order valence-corrected chi connectivity index (χ0v) is 13.5. The Labute approximate surface area is 134 Å². The first-order valence-electron chi connectivity index (χ1n) is 7.29. The highest BCUT2D eigenvalue weighted by Crippen LogP contribution is 2.43. The second kappa shape index (κ2) is 6.40. The molecule has 0 aliphatic heterocycles. The van der Waals surface area contributed by atoms with Crippen LogP contribution in [0.2, 0.25) is 0 Å². The Kier molecular flexibility index (Phi) is 4.34. The summed E-state index contributed by atoms with van der Waals surface area (Å²) >= 11 is 1.51. The summed E-state index contributed by atoms with van der Waals surface area (Å²) in [5, 5.41) is 4.98. The molecule has 5 heteroatoms. The molecule has 1 aliphatic carbocycles. The molecule has 0 atom stereocenters. The molecule has 0 bridgehead atoms. The van der Waals surface area contributed by atoms with Gasteiger partial charge in [0.1, 0.15) is 11.5 Å². The first kappa shape index (κ1) is 14.9. The maximum Gasteiger partial charge on any atom is 0.261 e. The third-order valence-corrected chi connectivity index (χ3v) is 4.78. The van der Waals surface area contributed by atoms with E-state index in [-0.39, 0.29) is 5.91 Å². The van der Waals surface area contributed by atoms with Crippen LogP contribution in [0.25, 0.3) is 0 Å². The van der Waals surface area contributed by atoms with Gasteiger partial charge in [-0.15, -0.1) is 11.3 Å². The summed E-state index contributed by atoms with van der Waals surface area (Å²) in [5.74, 6) is 2.03. The molecule has 116 valence electrons. The summed E-state index contributed by atoms with van der Waals surface area (Å²) in [6.07, 6.45) is 2.40. The van der Waals surface area contributed by atoms with Crippen molar-refractivity contribution in [2.24, 2.45) is 0 Å². The van der Waals surface area contributed by atoms with Crippen LogP contribution in [-0.4, -0.2) is 20.1 Å². The number of carbonyl (C=O) groups excluding carboxylic acids is 1. The van der Waals surface area contributed by atoms with E-state index < -0.39 is 0 Å². The van der Waals surface area contributed by atoms with Gasteiger partial charge < -0.3 is 14.8 Å². The molecular weight excluding hydrogens is 298 g/mol. The van der Waals surface area contributed by atoms with Crippen LogP contribution in [0.5, 0.6) is 11.5 Å². The molecule has 1 saturated carbocycles. The van der Waals surface area contributed by atoms with Crippen molar-refractivity contribution >= 4 is 17.2 Å². The molecule has 1 heterocycles. The average molecular weight is 317 g/mol. The van der Waals surface area contributed by atoms with Gasteiger partial charge in [0, 0.05) is 18.2 Å². The Hall–Kier alpha value is -2.01. The minimum atomic E-state index is -0.00484. The second-order valence-corrected chi connectivity index (χ2v) is 6.26. The molecule has 1 aliphatic rings. The van der Waals surface area contributed by atoms with Gasteiger partial charge in [0.2, 0.25) is 0 Å². The maximum absolute atomic E-state index is 12.4. The molecule has 0 saturated heterocycles. The number of rotatable bonds is 6. The molecule has 1 aromatic carbocycles. The topological polar surface area (TPSA) is 47.6 Å². The molecule has 0 unspecified atom stereocenters. The molecule has 0 spiro atoms. The number of hydrogen-bond acceptors (Lipinski definition) is 4. The van der Waals surface area contributed by atoms with Gasteiger partial charge in [-0.3, -0.25) is 4.79 Å². The number of carbonyl (C=O) groups is 1. The number of hydrogen-bond donors (Lipinski definition) is 1. The third kappa shape index (κ3) is 3.09. The zero-order chi connectivity index (χ0) is 15.5. The lowest BCUT2D eigenvalue weighted by Crippen LogP contribution is -2.23. The van der Waals surface area contributed by atoms with Crippen LogP contribution in [0.1, 0.15) is 39.6 Å². The lowest BCUT2D eigenvalue weighted by atomic mass is 10.1. The van der Waals surface area contributed by atoms with Crippen LogP contribution in [-0.2, 0) is 6.54 Å². The summed E-state index contributed by atoms with van der Waals surface area (Å²) in [4.78, 5) is 13.2. The number of thiophene rings is 1. The number of amides is 1. The third-order valence-electron chi connectivity index (χ3n) is 3.85. The van der Waals surface area contributed by atoms with E-state index in [2.05, 4.69) is 11.4 Å². The first-order chi connectivity index (χ1) is 10.7. The van der Waals surface area contributed by atoms with E-state index >= 15 is 0 Å². The van der Waals surface area contributed by atoms with Crippen LogP contribution in [0, 0.1) is 0 Å². The van der Waals surface area contributed by atoms with Crippen molar-refractivity contribution in [3.8, 4) is 11.5 Å². The lowest BCUT2D eigenvalue weighted by molar-refractivity contribution is 0.0954. The van der Waals surface area contributed by atoms with E-state index in [9.17, 15) is 4.79 Å². The Bertz CT molecular complexity index is 676. The fourth-order valence-electron chi connectivity index (χ4n) is 2.47. The number of ether oxygens (including phenoxy) is 2. The van der Waals surface area contributed by atoms with Crippen LogP contribution in [0.15, 0.2) is 29.6 Å². The highest BCUT2D eigenvalue weighted by atomic mass is 32.1. The second-order valence-electron chi connectivity index (χ2n) is 5.34. The zero-order valence-electron chi connectivity index (χ0n) is 12.7. The van der Waals surface area contributed by atoms with Crippen molar-refractivity contribution in [2.75, 3.05) is 14.2 Å². The van der Waals surface area contributed by atoms with Crippen LogP contribution in [0.4, 0.5) is 0 Å². The minimum Gasteiger partial charge on any atom is -0.497 e. The van der Waals surface area contributed by atoms with Crippen molar-refractivity contribution < 1.29 is 14.3 Å². The fraction of sp³-hybridized carbons (Fsp3) is 0.353. The molecule has 1 fully saturated rings. The molecule has 1 N–H and O–H groups in total. The van der Waals surface area contributed by atoms with Crippen LogP contribution < -0.4 is 14.8 Å². The van der Waals surface area contributed by atoms with Crippen LogP contribution >= 0.6 is 11.3 Å². The predicted octanol–water partition coefficient (Wildman–Crippen LogP) is 3.57. The Balaban J connectivity index is 1.69. The molecule has 1 amide bonds. The highest BCUT2D eigenvalue weighted by Gasteiger charge is 2.28. The molecule has 22 heavy (non-hydrogen) atoms. The average Bonchev–Trinajstić information content (AvgIpc) is 3.29. The summed E-state index contributed by atoms with van der Waals surface area (Å²) in [7, 11) is 3.23. The molecule has 2 aromatic rings. The molecule has 1 aromatic heterocycles. The van der Waals surface area contributed by atoms with E-state index in [4.69, 9.17) is 9.47 Å².